The fourth-order valence-electron chi connectivity index (χ4n) is 2.46. The maximum atomic E-state index is 10.0. The van der Waals surface area contributed by atoms with Crippen molar-refractivity contribution in [2.75, 3.05) is 5.75 Å². The summed E-state index contributed by atoms with van der Waals surface area (Å²) in [6, 6.07) is 8.75. The summed E-state index contributed by atoms with van der Waals surface area (Å²) in [6.45, 7) is 6.33. The fourth-order valence-corrected chi connectivity index (χ4v) is 3.76. The molecular formula is C16H24OS. The van der Waals surface area contributed by atoms with Gasteiger partial charge in [-0.25, -0.2) is 0 Å². The van der Waals surface area contributed by atoms with Crippen LogP contribution in [0.1, 0.15) is 51.5 Å². The lowest BCUT2D eigenvalue weighted by molar-refractivity contribution is 0.0532. The molecule has 0 aliphatic carbocycles. The Bertz CT molecular complexity index is 394. The van der Waals surface area contributed by atoms with Gasteiger partial charge in [0.15, 0.2) is 0 Å². The van der Waals surface area contributed by atoms with E-state index in [0.717, 1.165) is 12.8 Å². The van der Waals surface area contributed by atoms with Crippen LogP contribution in [0.5, 0.6) is 0 Å². The second kappa shape index (κ2) is 5.66. The van der Waals surface area contributed by atoms with Crippen LogP contribution in [0.2, 0.25) is 0 Å². The number of benzene rings is 1. The molecule has 18 heavy (non-hydrogen) atoms. The maximum Gasteiger partial charge on any atom is 0.0588 e. The molecule has 0 saturated carbocycles. The zero-order valence-corrected chi connectivity index (χ0v) is 12.5. The van der Waals surface area contributed by atoms with Crippen molar-refractivity contribution < 1.29 is 5.11 Å². The molecule has 0 fully saturated rings. The highest BCUT2D eigenvalue weighted by atomic mass is 32.2. The van der Waals surface area contributed by atoms with Gasteiger partial charge in [0, 0.05) is 10.6 Å². The molecule has 2 rings (SSSR count). The molecular weight excluding hydrogens is 240 g/mol. The first kappa shape index (κ1) is 14.0. The molecule has 0 spiro atoms. The van der Waals surface area contributed by atoms with E-state index in [4.69, 9.17) is 0 Å². The van der Waals surface area contributed by atoms with Gasteiger partial charge in [-0.05, 0) is 35.8 Å². The zero-order valence-electron chi connectivity index (χ0n) is 11.6. The molecule has 0 saturated heterocycles. The predicted molar refractivity (Wildman–Crippen MR) is 79.2 cm³/mol. The number of aliphatic hydroxyl groups excluding tert-OH is 1. The molecule has 0 radical (unpaired) electrons. The number of thioether (sulfide) groups is 1. The standard InChI is InChI=1S/C16H24OS/c1-16(2,3)15(17)10-6-7-12-11-18-14-9-5-4-8-13(12)14/h4-5,8-9,12,15,17H,6-7,10-11H2,1-3H3. The van der Waals surface area contributed by atoms with Crippen LogP contribution in [-0.2, 0) is 0 Å². The first-order chi connectivity index (χ1) is 8.48. The van der Waals surface area contributed by atoms with Gasteiger partial charge in [0.2, 0.25) is 0 Å². The minimum Gasteiger partial charge on any atom is -0.393 e. The van der Waals surface area contributed by atoms with E-state index < -0.39 is 0 Å². The Morgan fingerprint density at radius 1 is 1.33 bits per heavy atom. The molecule has 1 nitrogen and oxygen atoms in total. The van der Waals surface area contributed by atoms with Crippen molar-refractivity contribution in [1.82, 2.24) is 0 Å². The third-order valence-electron chi connectivity index (χ3n) is 3.83. The smallest absolute Gasteiger partial charge is 0.0588 e. The lowest BCUT2D eigenvalue weighted by Gasteiger charge is -2.26. The highest BCUT2D eigenvalue weighted by molar-refractivity contribution is 7.99. The molecule has 1 aromatic carbocycles. The van der Waals surface area contributed by atoms with Crippen molar-refractivity contribution in [3.05, 3.63) is 29.8 Å². The van der Waals surface area contributed by atoms with E-state index in [2.05, 4.69) is 45.0 Å². The first-order valence-electron chi connectivity index (χ1n) is 6.88. The molecule has 1 N–H and O–H groups in total. The number of hydrogen-bond acceptors (Lipinski definition) is 2. The highest BCUT2D eigenvalue weighted by Gasteiger charge is 2.25. The van der Waals surface area contributed by atoms with E-state index in [1.807, 2.05) is 11.8 Å². The minimum absolute atomic E-state index is 0.0162. The Labute approximate surface area is 115 Å². The van der Waals surface area contributed by atoms with E-state index >= 15 is 0 Å². The zero-order chi connectivity index (χ0) is 13.2. The van der Waals surface area contributed by atoms with Gasteiger partial charge < -0.3 is 5.11 Å². The van der Waals surface area contributed by atoms with Crippen molar-refractivity contribution in [1.29, 1.82) is 0 Å². The number of aliphatic hydroxyl groups is 1. The summed E-state index contributed by atoms with van der Waals surface area (Å²) in [7, 11) is 0. The van der Waals surface area contributed by atoms with Gasteiger partial charge in [-0.15, -0.1) is 11.8 Å². The highest BCUT2D eigenvalue weighted by Crippen LogP contribution is 2.41. The molecule has 100 valence electrons. The molecule has 1 aromatic rings. The molecule has 2 heteroatoms. The van der Waals surface area contributed by atoms with Crippen LogP contribution in [0.4, 0.5) is 0 Å². The number of hydrogen-bond donors (Lipinski definition) is 1. The van der Waals surface area contributed by atoms with E-state index in [0.29, 0.717) is 5.92 Å². The maximum absolute atomic E-state index is 10.0. The van der Waals surface area contributed by atoms with Crippen LogP contribution in [0, 0.1) is 5.41 Å². The Balaban J connectivity index is 1.83. The van der Waals surface area contributed by atoms with Crippen LogP contribution < -0.4 is 0 Å². The van der Waals surface area contributed by atoms with E-state index in [9.17, 15) is 5.11 Å². The molecule has 0 bridgehead atoms. The number of rotatable bonds is 4. The summed E-state index contributed by atoms with van der Waals surface area (Å²) >= 11 is 1.98. The van der Waals surface area contributed by atoms with Gasteiger partial charge >= 0.3 is 0 Å². The Kier molecular flexibility index (Phi) is 4.39. The summed E-state index contributed by atoms with van der Waals surface area (Å²) < 4.78 is 0. The van der Waals surface area contributed by atoms with Crippen molar-refractivity contribution in [3.63, 3.8) is 0 Å². The number of fused-ring (bicyclic) bond motifs is 1. The average Bonchev–Trinajstić information content (AvgIpc) is 2.71. The molecule has 1 heterocycles. The van der Waals surface area contributed by atoms with E-state index in [1.165, 1.54) is 22.6 Å². The second-order valence-corrected chi connectivity index (χ2v) is 7.42. The fraction of sp³-hybridized carbons (Fsp3) is 0.625. The van der Waals surface area contributed by atoms with Crippen LogP contribution in [0.15, 0.2) is 29.2 Å². The normalized spacial score (nSPS) is 20.8. The first-order valence-corrected chi connectivity index (χ1v) is 7.87. The Morgan fingerprint density at radius 2 is 2.06 bits per heavy atom. The largest absolute Gasteiger partial charge is 0.393 e. The molecule has 2 unspecified atom stereocenters. The third kappa shape index (κ3) is 3.30. The average molecular weight is 264 g/mol. The molecule has 1 aliphatic heterocycles. The monoisotopic (exact) mass is 264 g/mol. The van der Waals surface area contributed by atoms with Crippen molar-refractivity contribution in [2.45, 2.75) is 57.0 Å². The van der Waals surface area contributed by atoms with Gasteiger partial charge in [0.25, 0.3) is 0 Å². The van der Waals surface area contributed by atoms with Crippen LogP contribution in [0.3, 0.4) is 0 Å². The van der Waals surface area contributed by atoms with Gasteiger partial charge in [-0.2, -0.15) is 0 Å². The topological polar surface area (TPSA) is 20.2 Å². The van der Waals surface area contributed by atoms with Crippen LogP contribution in [0.25, 0.3) is 0 Å². The molecule has 0 amide bonds. The van der Waals surface area contributed by atoms with Gasteiger partial charge in [-0.3, -0.25) is 0 Å². The lowest BCUT2D eigenvalue weighted by Crippen LogP contribution is -2.25. The summed E-state index contributed by atoms with van der Waals surface area (Å²) in [6.07, 6.45) is 3.07. The third-order valence-corrected chi connectivity index (χ3v) is 5.08. The van der Waals surface area contributed by atoms with Gasteiger partial charge in [0.1, 0.15) is 0 Å². The van der Waals surface area contributed by atoms with Gasteiger partial charge in [0.05, 0.1) is 6.10 Å². The Hall–Kier alpha value is -0.470. The summed E-state index contributed by atoms with van der Waals surface area (Å²) in [5, 5.41) is 10.0. The van der Waals surface area contributed by atoms with E-state index in [-0.39, 0.29) is 11.5 Å². The molecule has 0 aromatic heterocycles. The van der Waals surface area contributed by atoms with Crippen molar-refractivity contribution in [2.24, 2.45) is 5.41 Å². The summed E-state index contributed by atoms with van der Waals surface area (Å²) in [4.78, 5) is 1.46. The van der Waals surface area contributed by atoms with Crippen molar-refractivity contribution >= 4 is 11.8 Å². The van der Waals surface area contributed by atoms with Crippen LogP contribution in [-0.4, -0.2) is 17.0 Å². The minimum atomic E-state index is -0.179. The van der Waals surface area contributed by atoms with E-state index in [1.54, 1.807) is 0 Å². The van der Waals surface area contributed by atoms with Crippen LogP contribution >= 0.6 is 11.8 Å². The molecule has 2 atom stereocenters. The summed E-state index contributed by atoms with van der Waals surface area (Å²) in [5.74, 6) is 1.91. The predicted octanol–water partition coefficient (Wildman–Crippen LogP) is 4.45. The molecule has 1 aliphatic rings. The SMILES string of the molecule is CC(C)(C)C(O)CCCC1CSc2ccccc21. The van der Waals surface area contributed by atoms with Crippen molar-refractivity contribution in [3.8, 4) is 0 Å². The van der Waals surface area contributed by atoms with Gasteiger partial charge in [-0.1, -0.05) is 45.4 Å². The lowest BCUT2D eigenvalue weighted by atomic mass is 9.85. The summed E-state index contributed by atoms with van der Waals surface area (Å²) in [5.41, 5.74) is 1.54. The second-order valence-electron chi connectivity index (χ2n) is 6.36. The Morgan fingerprint density at radius 3 is 2.78 bits per heavy atom. The quantitative estimate of drug-likeness (QED) is 0.867.